The second kappa shape index (κ2) is 10.5. The maximum Gasteiger partial charge on any atom is 0.338 e. The summed E-state index contributed by atoms with van der Waals surface area (Å²) in [6.07, 6.45) is 0. The minimum absolute atomic E-state index is 0.122. The van der Waals surface area contributed by atoms with Crippen molar-refractivity contribution in [2.45, 2.75) is 13.0 Å². The summed E-state index contributed by atoms with van der Waals surface area (Å²) >= 11 is 0. The van der Waals surface area contributed by atoms with E-state index in [9.17, 15) is 14.0 Å². The zero-order chi connectivity index (χ0) is 22.2. The van der Waals surface area contributed by atoms with Crippen LogP contribution in [-0.4, -0.2) is 37.0 Å². The molecule has 0 aromatic heterocycles. The van der Waals surface area contributed by atoms with Crippen LogP contribution >= 0.6 is 0 Å². The average Bonchev–Trinajstić information content (AvgIpc) is 2.76. The normalized spacial score (nSPS) is 11.7. The van der Waals surface area contributed by atoms with Crippen LogP contribution in [0.1, 0.15) is 34.5 Å². The molecule has 0 bridgehead atoms. The van der Waals surface area contributed by atoms with Gasteiger partial charge in [-0.05, 0) is 61.5 Å². The SMILES string of the molecule is CCOC(=O)c1ccc(NC(=O)CN(C)[C@@H](c2ccccc2)c2ccc(F)cc2)cc1. The number of nitrogens with zero attached hydrogens (tertiary/aromatic N) is 1. The fourth-order valence-corrected chi connectivity index (χ4v) is 3.40. The number of hydrogen-bond acceptors (Lipinski definition) is 4. The molecule has 0 radical (unpaired) electrons. The molecule has 1 atom stereocenters. The van der Waals surface area contributed by atoms with Crippen molar-refractivity contribution in [1.29, 1.82) is 0 Å². The molecule has 0 fully saturated rings. The van der Waals surface area contributed by atoms with Gasteiger partial charge in [0, 0.05) is 5.69 Å². The molecule has 5 nitrogen and oxygen atoms in total. The van der Waals surface area contributed by atoms with Crippen LogP contribution in [0.15, 0.2) is 78.9 Å². The van der Waals surface area contributed by atoms with Crippen LogP contribution in [0.5, 0.6) is 0 Å². The lowest BCUT2D eigenvalue weighted by molar-refractivity contribution is -0.117. The van der Waals surface area contributed by atoms with E-state index in [0.717, 1.165) is 11.1 Å². The lowest BCUT2D eigenvalue weighted by atomic mass is 9.97. The number of carbonyl (C=O) groups excluding carboxylic acids is 2. The largest absolute Gasteiger partial charge is 0.462 e. The lowest BCUT2D eigenvalue weighted by Gasteiger charge is -2.28. The van der Waals surface area contributed by atoms with Crippen LogP contribution < -0.4 is 5.32 Å². The zero-order valence-electron chi connectivity index (χ0n) is 17.5. The summed E-state index contributed by atoms with van der Waals surface area (Å²) in [6.45, 7) is 2.18. The van der Waals surface area contributed by atoms with Gasteiger partial charge >= 0.3 is 5.97 Å². The number of esters is 1. The van der Waals surface area contributed by atoms with Crippen molar-refractivity contribution in [3.63, 3.8) is 0 Å². The Hall–Kier alpha value is -3.51. The number of amides is 1. The first kappa shape index (κ1) is 22.2. The first-order valence-corrected chi connectivity index (χ1v) is 10.1. The van der Waals surface area contributed by atoms with Gasteiger partial charge in [-0.2, -0.15) is 0 Å². The maximum absolute atomic E-state index is 13.4. The summed E-state index contributed by atoms with van der Waals surface area (Å²) in [7, 11) is 1.85. The predicted molar refractivity (Wildman–Crippen MR) is 118 cm³/mol. The molecule has 0 unspecified atom stereocenters. The molecule has 0 spiro atoms. The first-order valence-electron chi connectivity index (χ1n) is 10.1. The molecule has 1 amide bonds. The fourth-order valence-electron chi connectivity index (χ4n) is 3.40. The second-order valence-corrected chi connectivity index (χ2v) is 7.13. The van der Waals surface area contributed by atoms with Gasteiger partial charge in [0.25, 0.3) is 0 Å². The quantitative estimate of drug-likeness (QED) is 0.539. The highest BCUT2D eigenvalue weighted by atomic mass is 19.1. The van der Waals surface area contributed by atoms with Gasteiger partial charge in [0.05, 0.1) is 24.8 Å². The molecule has 0 heterocycles. The number of hydrogen-bond donors (Lipinski definition) is 1. The number of benzene rings is 3. The molecule has 3 rings (SSSR count). The standard InChI is InChI=1S/C25H25FN2O3/c1-3-31-25(30)20-11-15-22(16-12-20)27-23(29)17-28(2)24(18-7-5-4-6-8-18)19-9-13-21(26)14-10-19/h4-16,24H,3,17H2,1-2H3,(H,27,29)/t24-/m0/s1. The third-order valence-corrected chi connectivity index (χ3v) is 4.81. The summed E-state index contributed by atoms with van der Waals surface area (Å²) < 4.78 is 18.4. The third kappa shape index (κ3) is 5.99. The van der Waals surface area contributed by atoms with Gasteiger partial charge in [0.15, 0.2) is 0 Å². The Morgan fingerprint density at radius 1 is 0.935 bits per heavy atom. The van der Waals surface area contributed by atoms with E-state index < -0.39 is 5.97 Å². The molecule has 0 aliphatic rings. The highest BCUT2D eigenvalue weighted by molar-refractivity contribution is 5.94. The molecule has 0 saturated carbocycles. The number of likely N-dealkylation sites (N-methyl/N-ethyl adjacent to an activating group) is 1. The van der Waals surface area contributed by atoms with Crippen molar-refractivity contribution < 1.29 is 18.7 Å². The van der Waals surface area contributed by atoms with Gasteiger partial charge < -0.3 is 10.1 Å². The van der Waals surface area contributed by atoms with Crippen LogP contribution in [-0.2, 0) is 9.53 Å². The Morgan fingerprint density at radius 3 is 2.16 bits per heavy atom. The van der Waals surface area contributed by atoms with Crippen molar-refractivity contribution in [2.24, 2.45) is 0 Å². The van der Waals surface area contributed by atoms with Crippen LogP contribution in [0, 0.1) is 5.82 Å². The molecule has 0 saturated heterocycles. The zero-order valence-corrected chi connectivity index (χ0v) is 17.5. The summed E-state index contributed by atoms with van der Waals surface area (Å²) in [5, 5.41) is 2.85. The molecule has 3 aromatic rings. The second-order valence-electron chi connectivity index (χ2n) is 7.13. The van der Waals surface area contributed by atoms with Crippen LogP contribution in [0.3, 0.4) is 0 Å². The Labute approximate surface area is 181 Å². The molecule has 3 aromatic carbocycles. The molecule has 6 heteroatoms. The van der Waals surface area contributed by atoms with Crippen LogP contribution in [0.4, 0.5) is 10.1 Å². The number of rotatable bonds is 8. The molecule has 1 N–H and O–H groups in total. The van der Waals surface area contributed by atoms with E-state index in [1.165, 1.54) is 12.1 Å². The molecular formula is C25H25FN2O3. The van der Waals surface area contributed by atoms with E-state index in [1.54, 1.807) is 43.3 Å². The topological polar surface area (TPSA) is 58.6 Å². The van der Waals surface area contributed by atoms with Crippen LogP contribution in [0.25, 0.3) is 0 Å². The Morgan fingerprint density at radius 2 is 1.55 bits per heavy atom. The predicted octanol–water partition coefficient (Wildman–Crippen LogP) is 4.66. The number of anilines is 1. The van der Waals surface area contributed by atoms with Gasteiger partial charge in [-0.25, -0.2) is 9.18 Å². The number of ether oxygens (including phenoxy) is 1. The van der Waals surface area contributed by atoms with Crippen molar-refractivity contribution in [3.8, 4) is 0 Å². The Bertz CT molecular complexity index is 1010. The highest BCUT2D eigenvalue weighted by Crippen LogP contribution is 2.27. The number of carbonyl (C=O) groups is 2. The lowest BCUT2D eigenvalue weighted by Crippen LogP contribution is -2.34. The third-order valence-electron chi connectivity index (χ3n) is 4.81. The summed E-state index contributed by atoms with van der Waals surface area (Å²) in [4.78, 5) is 26.3. The van der Waals surface area contributed by atoms with Crippen LogP contribution in [0.2, 0.25) is 0 Å². The fraction of sp³-hybridized carbons (Fsp3) is 0.200. The molecule has 160 valence electrons. The van der Waals surface area contributed by atoms with Crippen molar-refractivity contribution in [2.75, 3.05) is 25.5 Å². The smallest absolute Gasteiger partial charge is 0.338 e. The number of halogens is 1. The van der Waals surface area contributed by atoms with Gasteiger partial charge in [-0.15, -0.1) is 0 Å². The minimum Gasteiger partial charge on any atom is -0.462 e. The maximum atomic E-state index is 13.4. The van der Waals surface area contributed by atoms with Gasteiger partial charge in [0.1, 0.15) is 5.82 Å². The van der Waals surface area contributed by atoms with E-state index >= 15 is 0 Å². The highest BCUT2D eigenvalue weighted by Gasteiger charge is 2.21. The monoisotopic (exact) mass is 420 g/mol. The van der Waals surface area contributed by atoms with E-state index in [4.69, 9.17) is 4.74 Å². The summed E-state index contributed by atoms with van der Waals surface area (Å²) in [6, 6.07) is 22.4. The van der Waals surface area contributed by atoms with E-state index in [1.807, 2.05) is 42.3 Å². The Kier molecular flexibility index (Phi) is 7.51. The molecular weight excluding hydrogens is 395 g/mol. The van der Waals surface area contributed by atoms with Crippen molar-refractivity contribution in [1.82, 2.24) is 4.90 Å². The van der Waals surface area contributed by atoms with E-state index in [0.29, 0.717) is 17.9 Å². The molecule has 31 heavy (non-hydrogen) atoms. The average molecular weight is 420 g/mol. The van der Waals surface area contributed by atoms with E-state index in [-0.39, 0.29) is 24.3 Å². The summed E-state index contributed by atoms with van der Waals surface area (Å²) in [5.74, 6) is -0.901. The van der Waals surface area contributed by atoms with E-state index in [2.05, 4.69) is 5.32 Å². The minimum atomic E-state index is -0.398. The number of nitrogens with one attached hydrogen (secondary N) is 1. The van der Waals surface area contributed by atoms with Crippen molar-refractivity contribution >= 4 is 17.6 Å². The first-order chi connectivity index (χ1) is 15.0. The summed E-state index contributed by atoms with van der Waals surface area (Å²) in [5.41, 5.74) is 2.91. The van der Waals surface area contributed by atoms with Crippen molar-refractivity contribution in [3.05, 3.63) is 101 Å². The van der Waals surface area contributed by atoms with Gasteiger partial charge in [-0.3, -0.25) is 9.69 Å². The molecule has 0 aliphatic carbocycles. The van der Waals surface area contributed by atoms with Gasteiger partial charge in [0.2, 0.25) is 5.91 Å². The van der Waals surface area contributed by atoms with Gasteiger partial charge in [-0.1, -0.05) is 42.5 Å². The Balaban J connectivity index is 1.71. The molecule has 0 aliphatic heterocycles.